The van der Waals surface area contributed by atoms with Gasteiger partial charge in [-0.3, -0.25) is 4.21 Å². The molecule has 0 aromatic carbocycles. The molecule has 2 atom stereocenters. The normalized spacial score (nSPS) is 17.9. The molecule has 2 aliphatic heterocycles. The van der Waals surface area contributed by atoms with Crippen LogP contribution in [-0.4, -0.2) is 101 Å². The van der Waals surface area contributed by atoms with E-state index in [-0.39, 0.29) is 11.7 Å². The smallest absolute Gasteiger partial charge is 0.474 e. The zero-order chi connectivity index (χ0) is 29.6. The molecule has 2 aromatic heterocycles. The van der Waals surface area contributed by atoms with Crippen molar-refractivity contribution < 1.29 is 36.4 Å². The van der Waals surface area contributed by atoms with Crippen LogP contribution in [0, 0.1) is 5.92 Å². The van der Waals surface area contributed by atoms with E-state index in [4.69, 9.17) is 9.47 Å². The minimum atomic E-state index is -5.08. The van der Waals surface area contributed by atoms with Crippen LogP contribution in [0.4, 0.5) is 30.8 Å². The summed E-state index contributed by atoms with van der Waals surface area (Å²) in [7, 11) is -1.35. The Morgan fingerprint density at radius 2 is 1.83 bits per heavy atom. The van der Waals surface area contributed by atoms with Crippen molar-refractivity contribution in [2.75, 3.05) is 73.5 Å². The first-order chi connectivity index (χ1) is 19.6. The van der Waals surface area contributed by atoms with Gasteiger partial charge in [-0.25, -0.2) is 9.78 Å². The second-order valence-corrected chi connectivity index (χ2v) is 11.3. The molecule has 0 aliphatic carbocycles. The van der Waals surface area contributed by atoms with Crippen LogP contribution in [0.15, 0.2) is 17.0 Å². The highest BCUT2D eigenvalue weighted by atomic mass is 32.2. The number of ether oxygens (including phenoxy) is 3. The second kappa shape index (κ2) is 13.6. The minimum Gasteiger partial charge on any atom is -0.474 e. The van der Waals surface area contributed by atoms with Crippen molar-refractivity contribution in [3.8, 4) is 5.88 Å². The van der Waals surface area contributed by atoms with Gasteiger partial charge in [0.15, 0.2) is 5.82 Å². The molecule has 226 valence electrons. The van der Waals surface area contributed by atoms with Crippen molar-refractivity contribution in [3.05, 3.63) is 17.8 Å². The third kappa shape index (κ3) is 7.93. The topological polar surface area (TPSA) is 132 Å². The molecule has 1 unspecified atom stereocenters. The SMILES string of the molecule is CCOCCOc1ccc(N2CCN(c3nc4c(c(N[C@@H](COC(=O)C(F)(F)F)C(C)C)n3)S(=O)CC4)CC2)nn1. The van der Waals surface area contributed by atoms with Crippen LogP contribution < -0.4 is 19.9 Å². The van der Waals surface area contributed by atoms with Gasteiger partial charge in [-0.1, -0.05) is 13.8 Å². The first-order valence-corrected chi connectivity index (χ1v) is 14.7. The molecule has 2 aromatic rings. The zero-order valence-corrected chi connectivity index (χ0v) is 24.0. The summed E-state index contributed by atoms with van der Waals surface area (Å²) in [5.74, 6) is -0.236. The van der Waals surface area contributed by atoms with Gasteiger partial charge in [-0.05, 0) is 18.9 Å². The molecule has 1 saturated heterocycles. The number of carbonyl (C=O) groups excluding carboxylic acids is 1. The third-order valence-electron chi connectivity index (χ3n) is 6.62. The van der Waals surface area contributed by atoms with Gasteiger partial charge in [0.05, 0.1) is 29.1 Å². The molecule has 12 nitrogen and oxygen atoms in total. The first kappa shape index (κ1) is 30.7. The van der Waals surface area contributed by atoms with Gasteiger partial charge in [-0.2, -0.15) is 18.2 Å². The van der Waals surface area contributed by atoms with E-state index in [0.29, 0.717) is 86.4 Å². The van der Waals surface area contributed by atoms with Crippen LogP contribution >= 0.6 is 0 Å². The number of nitrogens with one attached hydrogen (secondary N) is 1. The lowest BCUT2D eigenvalue weighted by atomic mass is 10.1. The van der Waals surface area contributed by atoms with E-state index >= 15 is 0 Å². The summed E-state index contributed by atoms with van der Waals surface area (Å²) in [5, 5.41) is 11.5. The minimum absolute atomic E-state index is 0.217. The molecular weight excluding hydrogens is 567 g/mol. The summed E-state index contributed by atoms with van der Waals surface area (Å²) in [4.78, 5) is 25.1. The van der Waals surface area contributed by atoms with Crippen LogP contribution in [0.25, 0.3) is 0 Å². The van der Waals surface area contributed by atoms with Crippen molar-refractivity contribution in [3.63, 3.8) is 0 Å². The Morgan fingerprint density at radius 1 is 1.10 bits per heavy atom. The second-order valence-electron chi connectivity index (χ2n) is 9.79. The number of aryl methyl sites for hydroxylation is 1. The van der Waals surface area contributed by atoms with E-state index in [1.54, 1.807) is 19.9 Å². The maximum atomic E-state index is 12.7. The third-order valence-corrected chi connectivity index (χ3v) is 8.08. The van der Waals surface area contributed by atoms with E-state index in [1.165, 1.54) is 0 Å². The number of alkyl halides is 3. The number of rotatable bonds is 12. The first-order valence-electron chi connectivity index (χ1n) is 13.4. The molecule has 2 aliphatic rings. The molecule has 4 rings (SSSR count). The van der Waals surface area contributed by atoms with E-state index in [2.05, 4.69) is 35.1 Å². The number of piperazine rings is 1. The quantitative estimate of drug-likeness (QED) is 0.283. The highest BCUT2D eigenvalue weighted by molar-refractivity contribution is 7.85. The van der Waals surface area contributed by atoms with E-state index in [0.717, 1.165) is 0 Å². The van der Waals surface area contributed by atoms with Gasteiger partial charge >= 0.3 is 12.1 Å². The molecule has 41 heavy (non-hydrogen) atoms. The number of aromatic nitrogens is 4. The molecule has 0 saturated carbocycles. The van der Waals surface area contributed by atoms with E-state index in [1.807, 2.05) is 17.9 Å². The van der Waals surface area contributed by atoms with Gasteiger partial charge in [-0.15, -0.1) is 10.2 Å². The number of halogens is 3. The lowest BCUT2D eigenvalue weighted by molar-refractivity contribution is -0.200. The van der Waals surface area contributed by atoms with Crippen molar-refractivity contribution in [1.82, 2.24) is 20.2 Å². The van der Waals surface area contributed by atoms with Crippen molar-refractivity contribution in [2.45, 2.75) is 44.3 Å². The van der Waals surface area contributed by atoms with Crippen LogP contribution in [0.1, 0.15) is 26.5 Å². The number of anilines is 3. The molecule has 4 heterocycles. The van der Waals surface area contributed by atoms with Crippen molar-refractivity contribution in [2.24, 2.45) is 5.92 Å². The number of fused-ring (bicyclic) bond motifs is 1. The largest absolute Gasteiger partial charge is 0.490 e. The molecule has 0 spiro atoms. The van der Waals surface area contributed by atoms with Crippen molar-refractivity contribution in [1.29, 1.82) is 0 Å². The molecule has 1 N–H and O–H groups in total. The van der Waals surface area contributed by atoms with Gasteiger partial charge in [0.1, 0.15) is 23.9 Å². The average molecular weight is 602 g/mol. The number of hydrogen-bond donors (Lipinski definition) is 1. The molecule has 1 fully saturated rings. The van der Waals surface area contributed by atoms with E-state index in [9.17, 15) is 22.2 Å². The summed E-state index contributed by atoms with van der Waals surface area (Å²) in [6, 6.07) is 2.92. The van der Waals surface area contributed by atoms with Gasteiger partial charge < -0.3 is 29.3 Å². The van der Waals surface area contributed by atoms with Crippen LogP contribution in [0.2, 0.25) is 0 Å². The standard InChI is InChI=1S/C25H34F3N7O5S/c1-4-38-12-13-39-20-6-5-19(32-33-20)34-8-10-35(11-9-34)24-30-17-7-14-41(37)21(17)22(31-24)29-18(16(2)3)15-40-23(36)25(26,27)28/h5-6,16,18H,4,7-15H2,1-3H3,(H,29,30,31)/t18-,41?/m0/s1. The summed E-state index contributed by atoms with van der Waals surface area (Å²) in [5.41, 5.74) is 0.638. The Balaban J connectivity index is 1.42. The summed E-state index contributed by atoms with van der Waals surface area (Å²) < 4.78 is 66.0. The Labute approximate surface area is 238 Å². The van der Waals surface area contributed by atoms with Gasteiger partial charge in [0.2, 0.25) is 11.8 Å². The predicted molar refractivity (Wildman–Crippen MR) is 145 cm³/mol. The Hall–Kier alpha value is -3.27. The van der Waals surface area contributed by atoms with Crippen LogP contribution in [0.5, 0.6) is 5.88 Å². The number of esters is 1. The highest BCUT2D eigenvalue weighted by Crippen LogP contribution is 2.31. The fourth-order valence-corrected chi connectivity index (χ4v) is 5.60. The molecule has 0 radical (unpaired) electrons. The van der Waals surface area contributed by atoms with Gasteiger partial charge in [0, 0.05) is 51.0 Å². The molecule has 0 amide bonds. The van der Waals surface area contributed by atoms with Crippen molar-refractivity contribution >= 4 is 34.4 Å². The Morgan fingerprint density at radius 3 is 2.46 bits per heavy atom. The summed E-state index contributed by atoms with van der Waals surface area (Å²) >= 11 is 0. The maximum Gasteiger partial charge on any atom is 0.490 e. The lowest BCUT2D eigenvalue weighted by Gasteiger charge is -2.35. The predicted octanol–water partition coefficient (Wildman–Crippen LogP) is 2.21. The summed E-state index contributed by atoms with van der Waals surface area (Å²) in [6.45, 7) is 8.83. The van der Waals surface area contributed by atoms with Gasteiger partial charge in [0.25, 0.3) is 0 Å². The lowest BCUT2D eigenvalue weighted by Crippen LogP contribution is -2.47. The Kier molecular flexibility index (Phi) is 10.2. The maximum absolute atomic E-state index is 12.7. The fourth-order valence-electron chi connectivity index (χ4n) is 4.29. The number of carbonyl (C=O) groups is 1. The average Bonchev–Trinajstić information content (AvgIpc) is 3.33. The molecule has 0 bridgehead atoms. The highest BCUT2D eigenvalue weighted by Gasteiger charge is 2.41. The Bertz CT molecular complexity index is 1210. The summed E-state index contributed by atoms with van der Waals surface area (Å²) in [6.07, 6.45) is -4.59. The van der Waals surface area contributed by atoms with Crippen LogP contribution in [0.3, 0.4) is 0 Å². The number of nitrogens with zero attached hydrogens (tertiary/aromatic N) is 6. The molecular formula is C25H34F3N7O5S. The zero-order valence-electron chi connectivity index (χ0n) is 23.1. The fraction of sp³-hybridized carbons (Fsp3) is 0.640. The van der Waals surface area contributed by atoms with Crippen LogP contribution in [-0.2, 0) is 31.5 Å². The monoisotopic (exact) mass is 601 g/mol. The van der Waals surface area contributed by atoms with E-state index < -0.39 is 35.6 Å². The molecule has 16 heteroatoms. The number of hydrogen-bond acceptors (Lipinski definition) is 12.